The predicted molar refractivity (Wildman–Crippen MR) is 245 cm³/mol. The molecule has 0 radical (unpaired) electrons. The van der Waals surface area contributed by atoms with E-state index in [4.69, 9.17) is 9.47 Å². The summed E-state index contributed by atoms with van der Waals surface area (Å²) >= 11 is 0. The number of hydrogen-bond donors (Lipinski definition) is 1. The van der Waals surface area contributed by atoms with Crippen LogP contribution >= 0.6 is 0 Å². The summed E-state index contributed by atoms with van der Waals surface area (Å²) in [4.78, 5) is 31.4. The van der Waals surface area contributed by atoms with Gasteiger partial charge in [0, 0.05) is 125 Å². The lowest BCUT2D eigenvalue weighted by Crippen LogP contribution is -2.47. The highest BCUT2D eigenvalue weighted by Crippen LogP contribution is 2.26. The second kappa shape index (κ2) is 19.2. The van der Waals surface area contributed by atoms with Crippen LogP contribution in [-0.4, -0.2) is 123 Å². The van der Waals surface area contributed by atoms with Gasteiger partial charge in [0.15, 0.2) is 0 Å². The third-order valence-electron chi connectivity index (χ3n) is 11.9. The van der Waals surface area contributed by atoms with Gasteiger partial charge in [0.25, 0.3) is 0 Å². The Morgan fingerprint density at radius 2 is 1.08 bits per heavy atom. The molecule has 0 amide bonds. The van der Waals surface area contributed by atoms with Gasteiger partial charge in [0.05, 0.1) is 22.1 Å². The second-order valence-electron chi connectivity index (χ2n) is 16.2. The molecule has 0 unspecified atom stereocenters. The number of aromatic amines is 1. The molecule has 0 aliphatic carbocycles. The monoisotopic (exact) mass is 813 g/mol. The Bertz CT molecular complexity index is 2700. The Morgan fingerprint density at radius 1 is 0.525 bits per heavy atom. The maximum absolute atomic E-state index is 6.12. The van der Waals surface area contributed by atoms with Crippen molar-refractivity contribution in [2.75, 3.05) is 78.7 Å². The van der Waals surface area contributed by atoms with Crippen LogP contribution in [0.1, 0.15) is 22.5 Å². The van der Waals surface area contributed by atoms with Crippen molar-refractivity contribution in [1.29, 1.82) is 0 Å². The molecular formula is C50H55N9O2. The first-order valence-electron chi connectivity index (χ1n) is 21.6. The molecular weight excluding hydrogens is 759 g/mol. The first-order chi connectivity index (χ1) is 30.0. The van der Waals surface area contributed by atoms with Crippen molar-refractivity contribution in [3.63, 3.8) is 0 Å². The zero-order valence-corrected chi connectivity index (χ0v) is 35.3. The van der Waals surface area contributed by atoms with Crippen molar-refractivity contribution in [2.24, 2.45) is 0 Å². The van der Waals surface area contributed by atoms with Crippen LogP contribution in [0.4, 0.5) is 0 Å². The van der Waals surface area contributed by atoms with Gasteiger partial charge in [-0.2, -0.15) is 0 Å². The molecule has 10 rings (SSSR count). The Balaban J connectivity index is 0.000000156. The van der Waals surface area contributed by atoms with E-state index in [2.05, 4.69) is 99.1 Å². The molecule has 312 valence electrons. The molecule has 6 heterocycles. The second-order valence-corrected chi connectivity index (χ2v) is 16.2. The minimum atomic E-state index is 0.691. The van der Waals surface area contributed by atoms with Crippen molar-refractivity contribution in [2.45, 2.75) is 26.9 Å². The number of nitrogens with one attached hydrogen (secondary N) is 1. The van der Waals surface area contributed by atoms with E-state index < -0.39 is 0 Å². The van der Waals surface area contributed by atoms with E-state index in [1.165, 1.54) is 22.0 Å². The van der Waals surface area contributed by atoms with Gasteiger partial charge in [0.2, 0.25) is 0 Å². The van der Waals surface area contributed by atoms with Crippen LogP contribution in [-0.2, 0) is 13.1 Å². The van der Waals surface area contributed by atoms with Gasteiger partial charge in [-0.25, -0.2) is 0 Å². The molecule has 2 saturated heterocycles. The number of aryl methyl sites for hydroxylation is 2. The third-order valence-corrected chi connectivity index (χ3v) is 11.9. The molecule has 2 fully saturated rings. The first-order valence-corrected chi connectivity index (χ1v) is 21.6. The molecule has 0 spiro atoms. The minimum Gasteiger partial charge on any atom is -0.492 e. The number of fused-ring (bicyclic) bond motifs is 4. The summed E-state index contributed by atoms with van der Waals surface area (Å²) in [6.07, 6.45) is 5.52. The number of rotatable bonds is 12. The van der Waals surface area contributed by atoms with Gasteiger partial charge in [0.1, 0.15) is 24.7 Å². The topological polar surface area (TPSA) is 98.8 Å². The van der Waals surface area contributed by atoms with E-state index in [0.717, 1.165) is 134 Å². The van der Waals surface area contributed by atoms with Crippen LogP contribution < -0.4 is 9.47 Å². The van der Waals surface area contributed by atoms with Gasteiger partial charge in [-0.1, -0.05) is 36.4 Å². The molecule has 2 aliphatic heterocycles. The summed E-state index contributed by atoms with van der Waals surface area (Å²) in [5, 5.41) is 3.46. The molecule has 4 aromatic heterocycles. The van der Waals surface area contributed by atoms with Gasteiger partial charge in [-0.15, -0.1) is 0 Å². The molecule has 2 aliphatic rings. The Kier molecular flexibility index (Phi) is 12.7. The number of pyridine rings is 2. The molecule has 11 nitrogen and oxygen atoms in total. The highest BCUT2D eigenvalue weighted by molar-refractivity contribution is 5.86. The fraction of sp³-hybridized carbons (Fsp3) is 0.320. The van der Waals surface area contributed by atoms with Crippen LogP contribution in [0, 0.1) is 13.8 Å². The lowest BCUT2D eigenvalue weighted by atomic mass is 10.1. The molecule has 1 N–H and O–H groups in total. The lowest BCUT2D eigenvalue weighted by Gasteiger charge is -2.34. The number of benzene rings is 4. The average Bonchev–Trinajstić information content (AvgIpc) is 3.78. The van der Waals surface area contributed by atoms with E-state index in [0.29, 0.717) is 13.2 Å². The molecule has 0 saturated carbocycles. The van der Waals surface area contributed by atoms with Crippen LogP contribution in [0.3, 0.4) is 0 Å². The van der Waals surface area contributed by atoms with Crippen LogP contribution in [0.25, 0.3) is 43.7 Å². The fourth-order valence-electron chi connectivity index (χ4n) is 8.51. The average molecular weight is 814 g/mol. The summed E-state index contributed by atoms with van der Waals surface area (Å²) < 4.78 is 12.2. The summed E-state index contributed by atoms with van der Waals surface area (Å²) in [6.45, 7) is 17.9. The van der Waals surface area contributed by atoms with Crippen molar-refractivity contribution < 1.29 is 9.47 Å². The highest BCUT2D eigenvalue weighted by Gasteiger charge is 2.19. The van der Waals surface area contributed by atoms with Crippen LogP contribution in [0.5, 0.6) is 11.5 Å². The normalized spacial score (nSPS) is 15.6. The summed E-state index contributed by atoms with van der Waals surface area (Å²) in [5.74, 6) is 1.85. The third kappa shape index (κ3) is 10.1. The minimum absolute atomic E-state index is 0.691. The lowest BCUT2D eigenvalue weighted by molar-refractivity contribution is 0.113. The van der Waals surface area contributed by atoms with Crippen molar-refractivity contribution in [3.05, 3.63) is 144 Å². The fourth-order valence-corrected chi connectivity index (χ4v) is 8.51. The Morgan fingerprint density at radius 3 is 1.70 bits per heavy atom. The first kappa shape index (κ1) is 40.4. The van der Waals surface area contributed by atoms with E-state index in [1.54, 1.807) is 12.4 Å². The summed E-state index contributed by atoms with van der Waals surface area (Å²) in [5.41, 5.74) is 9.92. The van der Waals surface area contributed by atoms with Crippen molar-refractivity contribution >= 4 is 43.7 Å². The number of ether oxygens (including phenoxy) is 2. The maximum Gasteiger partial charge on any atom is 0.128 e. The van der Waals surface area contributed by atoms with E-state index in [-0.39, 0.29) is 0 Å². The number of piperazine rings is 2. The van der Waals surface area contributed by atoms with Gasteiger partial charge in [-0.3, -0.25) is 39.5 Å². The smallest absolute Gasteiger partial charge is 0.128 e. The van der Waals surface area contributed by atoms with E-state index in [1.807, 2.05) is 68.6 Å². The largest absolute Gasteiger partial charge is 0.492 e. The molecule has 0 bridgehead atoms. The Hall–Kier alpha value is -5.98. The standard InChI is InChI=1S/C25H27N5O.C25H28N4O/c1-19-5-7-21-22(28-19)3-2-4-25(21)31-16-15-29-11-13-30(14-12-29)18-20-6-8-23-24(17-20)27-10-9-26-23;1-19-8-9-22-23(27-19)6-3-7-24(22)30-17-16-28-12-14-29(15-13-28)18-21-5-2-4-20-10-11-26-25(20)21/h2-10,17H,11-16,18H2,1H3;2-11,26H,12-18H2,1H3. The van der Waals surface area contributed by atoms with E-state index >= 15 is 0 Å². The molecule has 0 atom stereocenters. The van der Waals surface area contributed by atoms with Crippen LogP contribution in [0.2, 0.25) is 0 Å². The number of H-pyrrole nitrogens is 1. The number of aromatic nitrogens is 5. The molecule has 8 aromatic rings. The summed E-state index contributed by atoms with van der Waals surface area (Å²) in [7, 11) is 0. The Labute approximate surface area is 358 Å². The SMILES string of the molecule is Cc1ccc2c(OCCN3CCN(Cc4ccc5nccnc5c4)CC3)cccc2n1.Cc1ccc2c(OCCN3CCN(Cc4cccc5cc[nH]c45)CC3)cccc2n1. The van der Waals surface area contributed by atoms with Crippen molar-refractivity contribution in [3.8, 4) is 11.5 Å². The van der Waals surface area contributed by atoms with Gasteiger partial charge >= 0.3 is 0 Å². The van der Waals surface area contributed by atoms with Crippen molar-refractivity contribution in [1.82, 2.24) is 44.5 Å². The van der Waals surface area contributed by atoms with Gasteiger partial charge in [-0.05, 0) is 97.1 Å². The molecule has 11 heteroatoms. The summed E-state index contributed by atoms with van der Waals surface area (Å²) in [6, 6.07) is 35.6. The highest BCUT2D eigenvalue weighted by atomic mass is 16.5. The molecule has 4 aromatic carbocycles. The zero-order chi connectivity index (χ0) is 41.4. The number of nitrogens with zero attached hydrogens (tertiary/aromatic N) is 8. The van der Waals surface area contributed by atoms with Crippen LogP contribution in [0.15, 0.2) is 122 Å². The predicted octanol–water partition coefficient (Wildman–Crippen LogP) is 7.90. The zero-order valence-electron chi connectivity index (χ0n) is 35.3. The van der Waals surface area contributed by atoms with E-state index in [9.17, 15) is 0 Å². The maximum atomic E-state index is 6.12. The van der Waals surface area contributed by atoms with Gasteiger partial charge < -0.3 is 14.5 Å². The molecule has 61 heavy (non-hydrogen) atoms. The number of para-hydroxylation sites is 1. The quantitative estimate of drug-likeness (QED) is 0.131. The number of hydrogen-bond acceptors (Lipinski definition) is 10.